The maximum atomic E-state index is 10.8. The molecule has 1 saturated heterocycles. The van der Waals surface area contributed by atoms with Gasteiger partial charge in [-0.05, 0) is 38.0 Å². The number of unbranched alkanes of at least 4 members (excludes halogenated alkanes) is 1. The number of hydrogen-bond donors (Lipinski definition) is 0. The third kappa shape index (κ3) is 4.42. The van der Waals surface area contributed by atoms with Crippen LogP contribution in [0.4, 0.5) is 0 Å². The molecule has 0 amide bonds. The van der Waals surface area contributed by atoms with E-state index in [1.165, 1.54) is 25.3 Å². The Morgan fingerprint density at radius 2 is 2.11 bits per heavy atom. The monoisotopic (exact) mass is 254 g/mol. The first-order valence-electron chi connectivity index (χ1n) is 6.82. The van der Waals surface area contributed by atoms with E-state index in [1.807, 2.05) is 0 Å². The summed E-state index contributed by atoms with van der Waals surface area (Å²) in [6.07, 6.45) is 7.67. The molecule has 18 heavy (non-hydrogen) atoms. The summed E-state index contributed by atoms with van der Waals surface area (Å²) in [6.45, 7) is 5.39. The minimum atomic E-state index is -0.350. The van der Waals surface area contributed by atoms with E-state index in [0.717, 1.165) is 26.1 Å². The average Bonchev–Trinajstić information content (AvgIpc) is 3.15. The molecule has 0 aromatic carbocycles. The van der Waals surface area contributed by atoms with Crippen molar-refractivity contribution in [3.63, 3.8) is 0 Å². The zero-order valence-corrected chi connectivity index (χ0v) is 10.8. The normalized spacial score (nSPS) is 29.4. The zero-order chi connectivity index (χ0) is 12.8. The lowest BCUT2D eigenvalue weighted by molar-refractivity contribution is -0.137. The number of hydrogen-bond acceptors (Lipinski definition) is 4. The first-order valence-corrected chi connectivity index (χ1v) is 6.82. The molecule has 2 aliphatic rings. The number of carbonyl (C=O) groups is 1. The Labute approximate surface area is 108 Å². The van der Waals surface area contributed by atoms with Crippen molar-refractivity contribution in [1.29, 1.82) is 0 Å². The number of epoxide rings is 1. The predicted molar refractivity (Wildman–Crippen MR) is 67.2 cm³/mol. The molecule has 0 aromatic rings. The van der Waals surface area contributed by atoms with Crippen LogP contribution in [0, 0.1) is 5.92 Å². The van der Waals surface area contributed by atoms with Gasteiger partial charge in [-0.25, -0.2) is 4.79 Å². The van der Waals surface area contributed by atoms with Gasteiger partial charge in [-0.2, -0.15) is 0 Å². The van der Waals surface area contributed by atoms with Crippen LogP contribution in [0.3, 0.4) is 0 Å². The lowest BCUT2D eigenvalue weighted by atomic mass is 9.90. The molecule has 4 nitrogen and oxygen atoms in total. The summed E-state index contributed by atoms with van der Waals surface area (Å²) < 4.78 is 16.0. The summed E-state index contributed by atoms with van der Waals surface area (Å²) >= 11 is 0. The minimum absolute atomic E-state index is 0.350. The van der Waals surface area contributed by atoms with Crippen LogP contribution in [0.15, 0.2) is 12.7 Å². The Morgan fingerprint density at radius 1 is 1.28 bits per heavy atom. The van der Waals surface area contributed by atoms with Crippen LogP contribution >= 0.6 is 0 Å². The molecule has 1 saturated carbocycles. The molecule has 0 aromatic heterocycles. The Balaban J connectivity index is 1.39. The van der Waals surface area contributed by atoms with Crippen LogP contribution in [-0.4, -0.2) is 38.0 Å². The predicted octanol–water partition coefficient (Wildman–Crippen LogP) is 2.08. The molecule has 0 radical (unpaired) electrons. The van der Waals surface area contributed by atoms with Crippen LogP contribution < -0.4 is 0 Å². The summed E-state index contributed by atoms with van der Waals surface area (Å²) in [6, 6.07) is 0. The summed E-state index contributed by atoms with van der Waals surface area (Å²) in [5, 5.41) is 0. The van der Waals surface area contributed by atoms with Crippen molar-refractivity contribution in [3.05, 3.63) is 12.7 Å². The van der Waals surface area contributed by atoms with Gasteiger partial charge in [0.1, 0.15) is 0 Å². The van der Waals surface area contributed by atoms with Crippen LogP contribution in [0.5, 0.6) is 0 Å². The topological polar surface area (TPSA) is 48.1 Å². The molecule has 2 fully saturated rings. The van der Waals surface area contributed by atoms with Crippen molar-refractivity contribution in [2.75, 3.05) is 19.8 Å². The van der Waals surface area contributed by atoms with Gasteiger partial charge in [-0.15, -0.1) is 0 Å². The summed E-state index contributed by atoms with van der Waals surface area (Å²) in [5.41, 5.74) is 0. The highest BCUT2D eigenvalue weighted by molar-refractivity contribution is 5.81. The van der Waals surface area contributed by atoms with E-state index >= 15 is 0 Å². The second kappa shape index (κ2) is 6.90. The van der Waals surface area contributed by atoms with Crippen molar-refractivity contribution < 1.29 is 19.0 Å². The maximum Gasteiger partial charge on any atom is 0.330 e. The Bertz CT molecular complexity index is 290. The molecular weight excluding hydrogens is 232 g/mol. The van der Waals surface area contributed by atoms with Crippen molar-refractivity contribution in [1.82, 2.24) is 0 Å². The highest BCUT2D eigenvalue weighted by Gasteiger charge is 2.43. The number of rotatable bonds is 8. The summed E-state index contributed by atoms with van der Waals surface area (Å²) in [4.78, 5) is 10.8. The van der Waals surface area contributed by atoms with Gasteiger partial charge in [-0.1, -0.05) is 6.58 Å². The molecule has 1 aliphatic heterocycles. The van der Waals surface area contributed by atoms with Gasteiger partial charge in [0.2, 0.25) is 0 Å². The largest absolute Gasteiger partial charge is 0.463 e. The van der Waals surface area contributed by atoms with E-state index in [9.17, 15) is 4.79 Å². The molecule has 3 unspecified atom stereocenters. The molecule has 3 atom stereocenters. The Hall–Kier alpha value is -0.870. The van der Waals surface area contributed by atoms with Crippen LogP contribution in [0.1, 0.15) is 32.1 Å². The molecule has 4 heteroatoms. The Morgan fingerprint density at radius 3 is 2.89 bits per heavy atom. The van der Waals surface area contributed by atoms with Crippen molar-refractivity contribution >= 4 is 5.97 Å². The minimum Gasteiger partial charge on any atom is -0.463 e. The van der Waals surface area contributed by atoms with E-state index in [2.05, 4.69) is 6.58 Å². The smallest absolute Gasteiger partial charge is 0.330 e. The zero-order valence-electron chi connectivity index (χ0n) is 10.8. The van der Waals surface area contributed by atoms with Gasteiger partial charge < -0.3 is 14.2 Å². The second-order valence-corrected chi connectivity index (χ2v) is 5.05. The summed E-state index contributed by atoms with van der Waals surface area (Å²) in [5.74, 6) is 0.324. The van der Waals surface area contributed by atoms with E-state index in [4.69, 9.17) is 14.2 Å². The van der Waals surface area contributed by atoms with Crippen LogP contribution in [0.25, 0.3) is 0 Å². The standard InChI is InChI=1S/C14H22O4/c1-2-14(15)17-8-4-3-7-16-10-11-5-6-12-13(9-11)18-12/h2,11-13H,1,3-10H2. The number of esters is 1. The highest BCUT2D eigenvalue weighted by Crippen LogP contribution is 2.39. The van der Waals surface area contributed by atoms with E-state index in [-0.39, 0.29) is 5.97 Å². The SMILES string of the molecule is C=CC(=O)OCCCCOCC1CCC2OC2C1. The molecule has 0 N–H and O–H groups in total. The van der Waals surface area contributed by atoms with Gasteiger partial charge in [-0.3, -0.25) is 0 Å². The third-order valence-corrected chi connectivity index (χ3v) is 3.56. The third-order valence-electron chi connectivity index (χ3n) is 3.56. The molecule has 1 heterocycles. The quantitative estimate of drug-likeness (QED) is 0.288. The molecule has 1 aliphatic carbocycles. The van der Waals surface area contributed by atoms with E-state index in [1.54, 1.807) is 0 Å². The van der Waals surface area contributed by atoms with Crippen molar-refractivity contribution in [3.8, 4) is 0 Å². The molecule has 2 rings (SSSR count). The van der Waals surface area contributed by atoms with Gasteiger partial charge in [0.05, 0.1) is 18.8 Å². The first kappa shape index (κ1) is 13.6. The molecule has 102 valence electrons. The van der Waals surface area contributed by atoms with Gasteiger partial charge in [0.15, 0.2) is 0 Å². The number of ether oxygens (including phenoxy) is 3. The second-order valence-electron chi connectivity index (χ2n) is 5.05. The maximum absolute atomic E-state index is 10.8. The van der Waals surface area contributed by atoms with E-state index < -0.39 is 0 Å². The number of fused-ring (bicyclic) bond motifs is 1. The highest BCUT2D eigenvalue weighted by atomic mass is 16.6. The molecular formula is C14H22O4. The fourth-order valence-corrected chi connectivity index (χ4v) is 2.43. The Kier molecular flexibility index (Phi) is 5.20. The molecule has 0 spiro atoms. The average molecular weight is 254 g/mol. The lowest BCUT2D eigenvalue weighted by Crippen LogP contribution is -2.18. The van der Waals surface area contributed by atoms with Crippen LogP contribution in [-0.2, 0) is 19.0 Å². The van der Waals surface area contributed by atoms with Gasteiger partial charge in [0.25, 0.3) is 0 Å². The van der Waals surface area contributed by atoms with Gasteiger partial charge in [0, 0.05) is 19.3 Å². The van der Waals surface area contributed by atoms with E-state index in [0.29, 0.717) is 24.7 Å². The van der Waals surface area contributed by atoms with Gasteiger partial charge >= 0.3 is 5.97 Å². The fourth-order valence-electron chi connectivity index (χ4n) is 2.43. The van der Waals surface area contributed by atoms with Crippen LogP contribution in [0.2, 0.25) is 0 Å². The first-order chi connectivity index (χ1) is 8.79. The van der Waals surface area contributed by atoms with Crippen molar-refractivity contribution in [2.45, 2.75) is 44.3 Å². The molecule has 0 bridgehead atoms. The number of carbonyl (C=O) groups excluding carboxylic acids is 1. The lowest BCUT2D eigenvalue weighted by Gasteiger charge is -2.18. The van der Waals surface area contributed by atoms with Crippen molar-refractivity contribution in [2.24, 2.45) is 5.92 Å². The fraction of sp³-hybridized carbons (Fsp3) is 0.786. The summed E-state index contributed by atoms with van der Waals surface area (Å²) in [7, 11) is 0.